The van der Waals surface area contributed by atoms with E-state index in [0.29, 0.717) is 0 Å². The number of para-hydroxylation sites is 3. The van der Waals surface area contributed by atoms with Crippen LogP contribution < -0.4 is 0 Å². The fraction of sp³-hybridized carbons (Fsp3) is 0. The minimum atomic E-state index is 0.882. The van der Waals surface area contributed by atoms with Crippen LogP contribution in [0.3, 0.4) is 0 Å². The fourth-order valence-electron chi connectivity index (χ4n) is 4.48. The summed E-state index contributed by atoms with van der Waals surface area (Å²) in [5, 5.41) is 6.67. The maximum absolute atomic E-state index is 6.36. The number of aromatic nitrogens is 1. The number of aromatic amines is 1. The molecule has 7 aromatic rings. The summed E-state index contributed by atoms with van der Waals surface area (Å²) in [7, 11) is 0. The monoisotopic (exact) mass is 347 g/mol. The van der Waals surface area contributed by atoms with Crippen molar-refractivity contribution in [1.29, 1.82) is 0 Å². The summed E-state index contributed by atoms with van der Waals surface area (Å²) in [6.07, 6.45) is 0. The Balaban J connectivity index is 1.95. The topological polar surface area (TPSA) is 42.1 Å². The third-order valence-electron chi connectivity index (χ3n) is 5.60. The number of rotatable bonds is 0. The predicted molar refractivity (Wildman–Crippen MR) is 110 cm³/mol. The number of furan rings is 2. The normalized spacial score (nSPS) is 12.4. The molecular weight excluding hydrogens is 334 g/mol. The van der Waals surface area contributed by atoms with Gasteiger partial charge in [-0.25, -0.2) is 0 Å². The number of benzene rings is 4. The molecule has 0 aliphatic heterocycles. The summed E-state index contributed by atoms with van der Waals surface area (Å²) in [6, 6.07) is 24.8. The van der Waals surface area contributed by atoms with Gasteiger partial charge in [0.05, 0.1) is 21.7 Å². The molecule has 0 spiro atoms. The van der Waals surface area contributed by atoms with Gasteiger partial charge in [-0.15, -0.1) is 0 Å². The lowest BCUT2D eigenvalue weighted by Crippen LogP contribution is -1.75. The van der Waals surface area contributed by atoms with E-state index in [9.17, 15) is 0 Å². The molecule has 0 unspecified atom stereocenters. The molecule has 3 heteroatoms. The van der Waals surface area contributed by atoms with Crippen molar-refractivity contribution in [3.05, 3.63) is 72.8 Å². The maximum atomic E-state index is 6.36. The van der Waals surface area contributed by atoms with E-state index in [1.54, 1.807) is 0 Å². The zero-order chi connectivity index (χ0) is 17.5. The summed E-state index contributed by atoms with van der Waals surface area (Å²) in [4.78, 5) is 3.62. The Bertz CT molecular complexity index is 1450. The van der Waals surface area contributed by atoms with Crippen molar-refractivity contribution >= 4 is 65.7 Å². The molecule has 0 amide bonds. The molecule has 126 valence electrons. The van der Waals surface area contributed by atoms with E-state index in [1.807, 2.05) is 30.3 Å². The van der Waals surface area contributed by atoms with E-state index < -0.39 is 0 Å². The van der Waals surface area contributed by atoms with Crippen LogP contribution in [0.25, 0.3) is 65.7 Å². The highest BCUT2D eigenvalue weighted by molar-refractivity contribution is 6.37. The van der Waals surface area contributed by atoms with Crippen LogP contribution in [0.5, 0.6) is 0 Å². The largest absolute Gasteiger partial charge is 0.455 e. The van der Waals surface area contributed by atoms with Gasteiger partial charge in [0.15, 0.2) is 0 Å². The van der Waals surface area contributed by atoms with Crippen LogP contribution in [0.2, 0.25) is 0 Å². The van der Waals surface area contributed by atoms with Gasteiger partial charge in [0.1, 0.15) is 22.3 Å². The highest BCUT2D eigenvalue weighted by Crippen LogP contribution is 2.46. The zero-order valence-electron chi connectivity index (χ0n) is 14.2. The van der Waals surface area contributed by atoms with Gasteiger partial charge in [0.25, 0.3) is 0 Å². The molecule has 0 atom stereocenters. The lowest BCUT2D eigenvalue weighted by Gasteiger charge is -1.97. The third-order valence-corrected chi connectivity index (χ3v) is 5.60. The molecule has 27 heavy (non-hydrogen) atoms. The minimum Gasteiger partial charge on any atom is -0.455 e. The first-order valence-electron chi connectivity index (χ1n) is 9.05. The maximum Gasteiger partial charge on any atom is 0.149 e. The van der Waals surface area contributed by atoms with Crippen molar-refractivity contribution < 1.29 is 8.83 Å². The van der Waals surface area contributed by atoms with Gasteiger partial charge in [-0.05, 0) is 18.2 Å². The third kappa shape index (κ3) is 1.53. The number of H-pyrrole nitrogens is 1. The van der Waals surface area contributed by atoms with Crippen molar-refractivity contribution in [1.82, 2.24) is 4.98 Å². The van der Waals surface area contributed by atoms with Crippen LogP contribution >= 0.6 is 0 Å². The van der Waals surface area contributed by atoms with E-state index in [1.165, 1.54) is 5.39 Å². The van der Waals surface area contributed by atoms with Crippen molar-refractivity contribution in [2.45, 2.75) is 0 Å². The number of hydrogen-bond acceptors (Lipinski definition) is 2. The quantitative estimate of drug-likeness (QED) is 0.317. The van der Waals surface area contributed by atoms with Crippen molar-refractivity contribution in [3.8, 4) is 0 Å². The average Bonchev–Trinajstić information content (AvgIpc) is 3.38. The molecule has 3 nitrogen and oxygen atoms in total. The summed E-state index contributed by atoms with van der Waals surface area (Å²) >= 11 is 0. The molecule has 3 aromatic heterocycles. The molecule has 0 bridgehead atoms. The van der Waals surface area contributed by atoms with Gasteiger partial charge in [-0.2, -0.15) is 0 Å². The SMILES string of the molecule is c1ccc2c(c1)[nH]c1c2c2oc3ccccc3c2c2oc3ccccc3c12. The molecule has 7 rings (SSSR count). The molecule has 0 saturated heterocycles. The van der Waals surface area contributed by atoms with E-state index in [0.717, 1.165) is 60.3 Å². The zero-order valence-corrected chi connectivity index (χ0v) is 14.2. The molecule has 0 aliphatic carbocycles. The van der Waals surface area contributed by atoms with Crippen molar-refractivity contribution in [2.75, 3.05) is 0 Å². The van der Waals surface area contributed by atoms with E-state index in [2.05, 4.69) is 47.4 Å². The Morgan fingerprint density at radius 1 is 0.519 bits per heavy atom. The fourth-order valence-corrected chi connectivity index (χ4v) is 4.48. The molecule has 0 saturated carbocycles. The Morgan fingerprint density at radius 3 is 1.74 bits per heavy atom. The van der Waals surface area contributed by atoms with Crippen molar-refractivity contribution in [2.24, 2.45) is 0 Å². The summed E-state index contributed by atoms with van der Waals surface area (Å²) < 4.78 is 12.7. The number of fused-ring (bicyclic) bond motifs is 12. The van der Waals surface area contributed by atoms with Crippen molar-refractivity contribution in [3.63, 3.8) is 0 Å². The molecule has 0 radical (unpaired) electrons. The van der Waals surface area contributed by atoms with Crippen LogP contribution in [-0.2, 0) is 0 Å². The number of nitrogens with one attached hydrogen (secondary N) is 1. The second-order valence-corrected chi connectivity index (χ2v) is 7.03. The smallest absolute Gasteiger partial charge is 0.149 e. The highest BCUT2D eigenvalue weighted by Gasteiger charge is 2.23. The highest BCUT2D eigenvalue weighted by atomic mass is 16.3. The lowest BCUT2D eigenvalue weighted by molar-refractivity contribution is 0.665. The Kier molecular flexibility index (Phi) is 2.25. The Morgan fingerprint density at radius 2 is 1.04 bits per heavy atom. The van der Waals surface area contributed by atoms with Crippen LogP contribution in [0, 0.1) is 0 Å². The van der Waals surface area contributed by atoms with Crippen LogP contribution in [0.4, 0.5) is 0 Å². The predicted octanol–water partition coefficient (Wildman–Crippen LogP) is 7.12. The summed E-state index contributed by atoms with van der Waals surface area (Å²) in [5.74, 6) is 0. The van der Waals surface area contributed by atoms with Gasteiger partial charge < -0.3 is 13.8 Å². The Hall–Kier alpha value is -3.72. The minimum absolute atomic E-state index is 0.882. The van der Waals surface area contributed by atoms with Gasteiger partial charge >= 0.3 is 0 Å². The molecule has 0 fully saturated rings. The average molecular weight is 347 g/mol. The first-order valence-corrected chi connectivity index (χ1v) is 9.05. The second-order valence-electron chi connectivity index (χ2n) is 7.03. The van der Waals surface area contributed by atoms with E-state index in [4.69, 9.17) is 8.83 Å². The van der Waals surface area contributed by atoms with Crippen LogP contribution in [0.1, 0.15) is 0 Å². The van der Waals surface area contributed by atoms with Gasteiger partial charge in [0.2, 0.25) is 0 Å². The molecule has 1 N–H and O–H groups in total. The summed E-state index contributed by atoms with van der Waals surface area (Å²) in [5.41, 5.74) is 5.72. The van der Waals surface area contributed by atoms with Gasteiger partial charge in [-0.1, -0.05) is 54.6 Å². The Labute approximate surface area is 152 Å². The first kappa shape index (κ1) is 13.5. The molecule has 0 aliphatic rings. The van der Waals surface area contributed by atoms with Gasteiger partial charge in [0, 0.05) is 21.7 Å². The molecule has 4 aromatic carbocycles. The second kappa shape index (κ2) is 4.51. The molecular formula is C24H13NO2. The summed E-state index contributed by atoms with van der Waals surface area (Å²) in [6.45, 7) is 0. The lowest BCUT2D eigenvalue weighted by atomic mass is 10.0. The van der Waals surface area contributed by atoms with E-state index in [-0.39, 0.29) is 0 Å². The standard InChI is InChI=1S/C24H13NO2/c1-4-10-16-13(7-1)19-22(25-16)20-14-8-2-5-11-17(14)26-24(20)21-15-9-3-6-12-18(15)27-23(19)21/h1-12,25H. The van der Waals surface area contributed by atoms with E-state index >= 15 is 0 Å². The number of hydrogen-bond donors (Lipinski definition) is 1. The first-order chi connectivity index (χ1) is 13.4. The molecule has 3 heterocycles. The van der Waals surface area contributed by atoms with Crippen LogP contribution in [-0.4, -0.2) is 4.98 Å². The van der Waals surface area contributed by atoms with Crippen LogP contribution in [0.15, 0.2) is 81.6 Å². The van der Waals surface area contributed by atoms with Gasteiger partial charge in [-0.3, -0.25) is 0 Å².